The van der Waals surface area contributed by atoms with Crippen LogP contribution in [0.25, 0.3) is 10.9 Å². The number of hydrogen-bond donors (Lipinski definition) is 1. The van der Waals surface area contributed by atoms with Crippen molar-refractivity contribution in [3.63, 3.8) is 0 Å². The first-order valence-corrected chi connectivity index (χ1v) is 8.81. The smallest absolute Gasteiger partial charge is 0.272 e. The van der Waals surface area contributed by atoms with Gasteiger partial charge in [0, 0.05) is 30.4 Å². The number of rotatable bonds is 3. The Balaban J connectivity index is 1.57. The molecule has 2 N–H and O–H groups in total. The van der Waals surface area contributed by atoms with E-state index in [0.717, 1.165) is 11.3 Å². The molecule has 1 saturated heterocycles. The number of nitrogens with two attached hydrogens (primary N) is 1. The summed E-state index contributed by atoms with van der Waals surface area (Å²) in [4.78, 5) is 18.8. The number of methoxy groups -OCH3 is 1. The molecule has 2 atom stereocenters. The Morgan fingerprint density at radius 2 is 1.93 bits per heavy atom. The molecule has 1 aliphatic rings. The second kappa shape index (κ2) is 6.96. The summed E-state index contributed by atoms with van der Waals surface area (Å²) in [6.45, 7) is 0.940. The highest BCUT2D eigenvalue weighted by molar-refractivity contribution is 5.95. The average Bonchev–Trinajstić information content (AvgIpc) is 3.09. The Hall–Kier alpha value is -2.99. The van der Waals surface area contributed by atoms with Crippen molar-refractivity contribution < 1.29 is 13.9 Å². The Labute approximate surface area is 156 Å². The second-order valence-corrected chi connectivity index (χ2v) is 6.76. The van der Waals surface area contributed by atoms with Gasteiger partial charge in [0.1, 0.15) is 22.8 Å². The van der Waals surface area contributed by atoms with E-state index in [4.69, 9.17) is 10.5 Å². The summed E-state index contributed by atoms with van der Waals surface area (Å²) in [5.74, 6) is 0.153. The number of carbonyl (C=O) groups is 1. The largest absolute Gasteiger partial charge is 0.497 e. The quantitative estimate of drug-likeness (QED) is 0.775. The molecule has 0 spiro atoms. The summed E-state index contributed by atoms with van der Waals surface area (Å²) in [7, 11) is 1.62. The molecule has 138 valence electrons. The molecule has 0 saturated carbocycles. The zero-order valence-corrected chi connectivity index (χ0v) is 14.9. The van der Waals surface area contributed by atoms with Crippen LogP contribution in [0.5, 0.6) is 5.75 Å². The van der Waals surface area contributed by atoms with E-state index in [9.17, 15) is 9.18 Å². The van der Waals surface area contributed by atoms with Gasteiger partial charge in [0.05, 0.1) is 7.11 Å². The Kier molecular flexibility index (Phi) is 4.49. The number of ether oxygens (including phenoxy) is 1. The van der Waals surface area contributed by atoms with E-state index in [1.807, 2.05) is 24.3 Å². The SMILES string of the molecule is COc1ccc([C@@H]2CN(C(=O)c3ccc4cccc(F)c4n3)C[C@H]2N)cc1. The minimum absolute atomic E-state index is 0.0389. The van der Waals surface area contributed by atoms with E-state index in [-0.39, 0.29) is 29.1 Å². The fourth-order valence-electron chi connectivity index (χ4n) is 3.59. The number of nitrogens with zero attached hydrogens (tertiary/aromatic N) is 2. The van der Waals surface area contributed by atoms with Crippen molar-refractivity contribution in [1.82, 2.24) is 9.88 Å². The fraction of sp³-hybridized carbons (Fsp3) is 0.238. The van der Waals surface area contributed by atoms with Crippen molar-refractivity contribution in [2.75, 3.05) is 20.2 Å². The van der Waals surface area contributed by atoms with Crippen molar-refractivity contribution in [3.8, 4) is 5.75 Å². The maximum atomic E-state index is 14.0. The number of carbonyl (C=O) groups excluding carboxylic acids is 1. The zero-order chi connectivity index (χ0) is 19.0. The van der Waals surface area contributed by atoms with Crippen LogP contribution in [0, 0.1) is 5.82 Å². The first kappa shape index (κ1) is 17.4. The normalized spacial score (nSPS) is 19.4. The van der Waals surface area contributed by atoms with E-state index < -0.39 is 5.82 Å². The lowest BCUT2D eigenvalue weighted by Gasteiger charge is -2.16. The van der Waals surface area contributed by atoms with E-state index in [1.165, 1.54) is 6.07 Å². The molecule has 1 aliphatic heterocycles. The van der Waals surface area contributed by atoms with Gasteiger partial charge in [-0.2, -0.15) is 0 Å². The van der Waals surface area contributed by atoms with Crippen molar-refractivity contribution in [2.24, 2.45) is 5.73 Å². The highest BCUT2D eigenvalue weighted by atomic mass is 19.1. The van der Waals surface area contributed by atoms with Gasteiger partial charge < -0.3 is 15.4 Å². The molecule has 0 bridgehead atoms. The summed E-state index contributed by atoms with van der Waals surface area (Å²) >= 11 is 0. The molecule has 2 heterocycles. The standard InChI is InChI=1S/C21H20FN3O2/c1-27-15-8-5-13(6-9-15)16-11-25(12-18(16)23)21(26)19-10-7-14-3-2-4-17(22)20(14)24-19/h2-10,16,18H,11-12,23H2,1H3/t16-,18+/m0/s1. The third-order valence-corrected chi connectivity index (χ3v) is 5.09. The third-order valence-electron chi connectivity index (χ3n) is 5.09. The molecule has 27 heavy (non-hydrogen) atoms. The van der Waals surface area contributed by atoms with Crippen molar-refractivity contribution in [2.45, 2.75) is 12.0 Å². The van der Waals surface area contributed by atoms with E-state index in [2.05, 4.69) is 4.98 Å². The van der Waals surface area contributed by atoms with Gasteiger partial charge in [-0.05, 0) is 29.8 Å². The van der Waals surface area contributed by atoms with Gasteiger partial charge in [-0.25, -0.2) is 9.37 Å². The predicted octanol–water partition coefficient (Wildman–Crippen LogP) is 2.95. The molecule has 6 heteroatoms. The Bertz CT molecular complexity index is 990. The van der Waals surface area contributed by atoms with E-state index >= 15 is 0 Å². The summed E-state index contributed by atoms with van der Waals surface area (Å²) in [6, 6.07) is 15.6. The lowest BCUT2D eigenvalue weighted by atomic mass is 9.95. The van der Waals surface area contributed by atoms with Crippen LogP contribution in [0.2, 0.25) is 0 Å². The molecular weight excluding hydrogens is 345 g/mol. The monoisotopic (exact) mass is 365 g/mol. The van der Waals surface area contributed by atoms with Gasteiger partial charge >= 0.3 is 0 Å². The summed E-state index contributed by atoms with van der Waals surface area (Å²) in [6.07, 6.45) is 0. The zero-order valence-electron chi connectivity index (χ0n) is 14.9. The molecule has 0 radical (unpaired) electrons. The lowest BCUT2D eigenvalue weighted by molar-refractivity contribution is 0.0784. The predicted molar refractivity (Wildman–Crippen MR) is 101 cm³/mol. The fourth-order valence-corrected chi connectivity index (χ4v) is 3.59. The molecular formula is C21H20FN3O2. The number of halogens is 1. The third kappa shape index (κ3) is 3.24. The molecule has 0 aliphatic carbocycles. The summed E-state index contributed by atoms with van der Waals surface area (Å²) in [5.41, 5.74) is 7.80. The highest BCUT2D eigenvalue weighted by Gasteiger charge is 2.34. The number of aromatic nitrogens is 1. The Morgan fingerprint density at radius 3 is 2.67 bits per heavy atom. The number of benzene rings is 2. The number of fused-ring (bicyclic) bond motifs is 1. The van der Waals surface area contributed by atoms with Gasteiger partial charge in [-0.1, -0.05) is 30.3 Å². The molecule has 3 aromatic rings. The molecule has 1 amide bonds. The van der Waals surface area contributed by atoms with Crippen molar-refractivity contribution in [1.29, 1.82) is 0 Å². The van der Waals surface area contributed by atoms with Crippen LogP contribution < -0.4 is 10.5 Å². The Morgan fingerprint density at radius 1 is 1.15 bits per heavy atom. The van der Waals surface area contributed by atoms with Crippen LogP contribution in [0.3, 0.4) is 0 Å². The van der Waals surface area contributed by atoms with Gasteiger partial charge in [0.25, 0.3) is 5.91 Å². The minimum atomic E-state index is -0.434. The highest BCUT2D eigenvalue weighted by Crippen LogP contribution is 2.29. The van der Waals surface area contributed by atoms with E-state index in [0.29, 0.717) is 18.5 Å². The van der Waals surface area contributed by atoms with E-state index in [1.54, 1.807) is 36.3 Å². The summed E-state index contributed by atoms with van der Waals surface area (Å²) < 4.78 is 19.2. The van der Waals surface area contributed by atoms with Gasteiger partial charge in [0.15, 0.2) is 0 Å². The lowest BCUT2D eigenvalue weighted by Crippen LogP contribution is -2.32. The maximum Gasteiger partial charge on any atom is 0.272 e. The first-order chi connectivity index (χ1) is 13.1. The van der Waals surface area contributed by atoms with Crippen LogP contribution >= 0.6 is 0 Å². The van der Waals surface area contributed by atoms with Gasteiger partial charge in [0.2, 0.25) is 0 Å². The van der Waals surface area contributed by atoms with Crippen LogP contribution in [0.1, 0.15) is 22.0 Å². The first-order valence-electron chi connectivity index (χ1n) is 8.81. The molecule has 2 aromatic carbocycles. The second-order valence-electron chi connectivity index (χ2n) is 6.76. The van der Waals surface area contributed by atoms with Crippen LogP contribution in [0.4, 0.5) is 4.39 Å². The number of para-hydroxylation sites is 1. The average molecular weight is 365 g/mol. The number of pyridine rings is 1. The number of likely N-dealkylation sites (tertiary alicyclic amines) is 1. The van der Waals surface area contributed by atoms with Crippen LogP contribution in [-0.4, -0.2) is 42.0 Å². The topological polar surface area (TPSA) is 68.5 Å². The maximum absolute atomic E-state index is 14.0. The van der Waals surface area contributed by atoms with Gasteiger partial charge in [-0.15, -0.1) is 0 Å². The molecule has 1 aromatic heterocycles. The van der Waals surface area contributed by atoms with Crippen molar-refractivity contribution >= 4 is 16.8 Å². The van der Waals surface area contributed by atoms with Crippen molar-refractivity contribution in [3.05, 3.63) is 71.7 Å². The summed E-state index contributed by atoms with van der Waals surface area (Å²) in [5, 5.41) is 0.667. The molecule has 1 fully saturated rings. The molecule has 0 unspecified atom stereocenters. The van der Waals surface area contributed by atoms with Crippen LogP contribution in [-0.2, 0) is 0 Å². The van der Waals surface area contributed by atoms with Gasteiger partial charge in [-0.3, -0.25) is 4.79 Å². The van der Waals surface area contributed by atoms with Crippen LogP contribution in [0.15, 0.2) is 54.6 Å². The minimum Gasteiger partial charge on any atom is -0.497 e. The molecule has 5 nitrogen and oxygen atoms in total. The number of hydrogen-bond acceptors (Lipinski definition) is 4. The molecule has 4 rings (SSSR count). The number of amides is 1.